The average Bonchev–Trinajstić information content (AvgIpc) is 2.68. The van der Waals surface area contributed by atoms with Crippen molar-refractivity contribution in [1.82, 2.24) is 0 Å². The third-order valence-electron chi connectivity index (χ3n) is 4.87. The smallest absolute Gasteiger partial charge is 0.128 e. The summed E-state index contributed by atoms with van der Waals surface area (Å²) < 4.78 is 5.99. The fraction of sp³-hybridized carbons (Fsp3) is 0.360. The molecule has 1 unspecified atom stereocenters. The molecule has 1 heterocycles. The lowest BCUT2D eigenvalue weighted by Crippen LogP contribution is -2.06. The van der Waals surface area contributed by atoms with Gasteiger partial charge in [0, 0.05) is 5.56 Å². The maximum Gasteiger partial charge on any atom is 0.128 e. The van der Waals surface area contributed by atoms with Gasteiger partial charge >= 0.3 is 0 Å². The Morgan fingerprint density at radius 2 is 1.88 bits per heavy atom. The van der Waals surface area contributed by atoms with Crippen LogP contribution < -0.4 is 4.74 Å². The van der Waals surface area contributed by atoms with Crippen molar-refractivity contribution in [3.05, 3.63) is 65.2 Å². The van der Waals surface area contributed by atoms with Gasteiger partial charge in [0.15, 0.2) is 0 Å². The summed E-state index contributed by atoms with van der Waals surface area (Å²) in [6.45, 7) is 15.3. The van der Waals surface area contributed by atoms with E-state index in [-0.39, 0.29) is 0 Å². The number of allylic oxidation sites excluding steroid dienone is 1. The first kappa shape index (κ1) is 20.0. The molecule has 0 saturated carbocycles. The van der Waals surface area contributed by atoms with Crippen LogP contribution in [0, 0.1) is 12.8 Å². The Morgan fingerprint density at radius 3 is 2.58 bits per heavy atom. The van der Waals surface area contributed by atoms with Crippen LogP contribution in [0.1, 0.15) is 62.8 Å². The number of aryl methyl sites for hydroxylation is 1. The Balaban J connectivity index is 0.00000117. The van der Waals surface area contributed by atoms with Crippen molar-refractivity contribution in [3.8, 4) is 16.9 Å². The highest BCUT2D eigenvalue weighted by molar-refractivity contribution is 5.81. The molecule has 1 aliphatic heterocycles. The normalized spacial score (nSPS) is 13.1. The van der Waals surface area contributed by atoms with E-state index in [2.05, 4.69) is 69.8 Å². The molecule has 1 nitrogen and oxygen atoms in total. The summed E-state index contributed by atoms with van der Waals surface area (Å²) in [6.07, 6.45) is 8.74. The highest BCUT2D eigenvalue weighted by Crippen LogP contribution is 2.40. The first-order chi connectivity index (χ1) is 12.6. The second kappa shape index (κ2) is 9.43. The first-order valence-corrected chi connectivity index (χ1v) is 9.82. The molecule has 2 aromatic carbocycles. The molecule has 0 bridgehead atoms. The molecule has 0 fully saturated rings. The van der Waals surface area contributed by atoms with Crippen LogP contribution in [0.25, 0.3) is 23.3 Å². The van der Waals surface area contributed by atoms with E-state index in [4.69, 9.17) is 4.74 Å². The summed E-state index contributed by atoms with van der Waals surface area (Å²) in [5.41, 5.74) is 7.36. The van der Waals surface area contributed by atoms with Crippen molar-refractivity contribution >= 4 is 12.2 Å². The zero-order valence-corrected chi connectivity index (χ0v) is 16.9. The fourth-order valence-electron chi connectivity index (χ4n) is 3.12. The summed E-state index contributed by atoms with van der Waals surface area (Å²) in [6, 6.07) is 11.0. The number of hydrogen-bond donors (Lipinski definition) is 0. The third kappa shape index (κ3) is 4.46. The molecule has 0 saturated heterocycles. The third-order valence-corrected chi connectivity index (χ3v) is 4.87. The quantitative estimate of drug-likeness (QED) is 0.538. The molecule has 26 heavy (non-hydrogen) atoms. The Bertz CT molecular complexity index is 783. The van der Waals surface area contributed by atoms with E-state index in [1.165, 1.54) is 34.2 Å². The molecule has 0 aromatic heterocycles. The van der Waals surface area contributed by atoms with Crippen LogP contribution in [-0.4, -0.2) is 0 Å². The SMILES string of the molecule is C=Cc1cc2c(cc1/C=C\CC(C)CC)-c1ccc(C)cc1CO2.CC. The van der Waals surface area contributed by atoms with Crippen molar-refractivity contribution in [3.63, 3.8) is 0 Å². The van der Waals surface area contributed by atoms with Crippen LogP contribution in [0.3, 0.4) is 0 Å². The van der Waals surface area contributed by atoms with E-state index < -0.39 is 0 Å². The molecular formula is C25H32O. The summed E-state index contributed by atoms with van der Waals surface area (Å²) >= 11 is 0. The lowest BCUT2D eigenvalue weighted by molar-refractivity contribution is 0.302. The van der Waals surface area contributed by atoms with Crippen LogP contribution in [-0.2, 0) is 6.61 Å². The predicted octanol–water partition coefficient (Wildman–Crippen LogP) is 7.67. The largest absolute Gasteiger partial charge is 0.488 e. The van der Waals surface area contributed by atoms with Gasteiger partial charge in [-0.2, -0.15) is 0 Å². The lowest BCUT2D eigenvalue weighted by Gasteiger charge is -2.22. The molecule has 0 radical (unpaired) electrons. The zero-order chi connectivity index (χ0) is 19.1. The molecule has 0 amide bonds. The summed E-state index contributed by atoms with van der Waals surface area (Å²) in [4.78, 5) is 0. The van der Waals surface area contributed by atoms with Crippen molar-refractivity contribution in [2.45, 2.75) is 54.1 Å². The van der Waals surface area contributed by atoms with E-state index in [0.717, 1.165) is 23.7 Å². The van der Waals surface area contributed by atoms with E-state index >= 15 is 0 Å². The monoisotopic (exact) mass is 348 g/mol. The molecule has 3 rings (SSSR count). The molecule has 1 atom stereocenters. The molecule has 2 aromatic rings. The number of fused-ring (bicyclic) bond motifs is 3. The Morgan fingerprint density at radius 1 is 1.12 bits per heavy atom. The van der Waals surface area contributed by atoms with E-state index in [1.54, 1.807) is 0 Å². The van der Waals surface area contributed by atoms with Crippen molar-refractivity contribution in [2.75, 3.05) is 0 Å². The van der Waals surface area contributed by atoms with Gasteiger partial charge in [0.1, 0.15) is 12.4 Å². The standard InChI is InChI=1S/C23H26O.C2H6/c1-5-16(3)8-7-9-19-13-22-21-11-10-17(4)12-20(21)15-24-23(22)14-18(19)6-2;1-2/h6-7,9-14,16H,2,5,8,15H2,1,3-4H3;1-2H3/b9-7-;. The van der Waals surface area contributed by atoms with Crippen LogP contribution >= 0.6 is 0 Å². The summed E-state index contributed by atoms with van der Waals surface area (Å²) in [5, 5.41) is 0. The summed E-state index contributed by atoms with van der Waals surface area (Å²) in [5.74, 6) is 1.68. The van der Waals surface area contributed by atoms with E-state index in [0.29, 0.717) is 6.61 Å². The Labute approximate surface area is 159 Å². The molecule has 1 aliphatic rings. The van der Waals surface area contributed by atoms with Gasteiger partial charge in [0.25, 0.3) is 0 Å². The van der Waals surface area contributed by atoms with Gasteiger partial charge in [0.05, 0.1) is 0 Å². The molecule has 0 N–H and O–H groups in total. The molecule has 0 spiro atoms. The molecular weight excluding hydrogens is 316 g/mol. The van der Waals surface area contributed by atoms with Crippen LogP contribution in [0.2, 0.25) is 0 Å². The van der Waals surface area contributed by atoms with Crippen LogP contribution in [0.4, 0.5) is 0 Å². The topological polar surface area (TPSA) is 9.23 Å². The van der Waals surface area contributed by atoms with Gasteiger partial charge in [0.2, 0.25) is 0 Å². The van der Waals surface area contributed by atoms with Crippen molar-refractivity contribution in [2.24, 2.45) is 5.92 Å². The minimum Gasteiger partial charge on any atom is -0.488 e. The zero-order valence-electron chi connectivity index (χ0n) is 16.9. The molecule has 0 aliphatic carbocycles. The number of ether oxygens (including phenoxy) is 1. The van der Waals surface area contributed by atoms with E-state index in [9.17, 15) is 0 Å². The first-order valence-electron chi connectivity index (χ1n) is 9.82. The minimum atomic E-state index is 0.643. The molecule has 1 heteroatoms. The molecule has 138 valence electrons. The average molecular weight is 349 g/mol. The van der Waals surface area contributed by atoms with Gasteiger partial charge in [-0.15, -0.1) is 0 Å². The van der Waals surface area contributed by atoms with Crippen molar-refractivity contribution in [1.29, 1.82) is 0 Å². The van der Waals surface area contributed by atoms with Gasteiger partial charge in [-0.3, -0.25) is 0 Å². The van der Waals surface area contributed by atoms with Crippen molar-refractivity contribution < 1.29 is 4.74 Å². The second-order valence-corrected chi connectivity index (χ2v) is 6.78. The highest BCUT2D eigenvalue weighted by Gasteiger charge is 2.18. The number of hydrogen-bond acceptors (Lipinski definition) is 1. The minimum absolute atomic E-state index is 0.643. The van der Waals surface area contributed by atoms with Gasteiger partial charge < -0.3 is 4.74 Å². The predicted molar refractivity (Wildman–Crippen MR) is 115 cm³/mol. The fourth-order valence-corrected chi connectivity index (χ4v) is 3.12. The van der Waals surface area contributed by atoms with Gasteiger partial charge in [-0.25, -0.2) is 0 Å². The summed E-state index contributed by atoms with van der Waals surface area (Å²) in [7, 11) is 0. The van der Waals surface area contributed by atoms with Gasteiger partial charge in [-0.1, -0.05) is 82.7 Å². The maximum absolute atomic E-state index is 5.99. The maximum atomic E-state index is 5.99. The van der Waals surface area contributed by atoms with Crippen LogP contribution in [0.5, 0.6) is 5.75 Å². The van der Waals surface area contributed by atoms with Crippen LogP contribution in [0.15, 0.2) is 43.0 Å². The number of benzene rings is 2. The van der Waals surface area contributed by atoms with E-state index in [1.807, 2.05) is 19.9 Å². The Kier molecular flexibility index (Phi) is 7.26. The Hall–Kier alpha value is -2.28. The van der Waals surface area contributed by atoms with Gasteiger partial charge in [-0.05, 0) is 53.6 Å². The second-order valence-electron chi connectivity index (χ2n) is 6.78. The highest BCUT2D eigenvalue weighted by atomic mass is 16.5. The number of rotatable bonds is 5. The lowest BCUT2D eigenvalue weighted by atomic mass is 9.92.